The highest BCUT2D eigenvalue weighted by Gasteiger charge is 2.34. The van der Waals surface area contributed by atoms with Crippen LogP contribution < -0.4 is 4.90 Å². The average Bonchev–Trinajstić information content (AvgIpc) is 3.30. The van der Waals surface area contributed by atoms with Crippen molar-refractivity contribution in [3.8, 4) is 0 Å². The van der Waals surface area contributed by atoms with Gasteiger partial charge in [-0.15, -0.1) is 0 Å². The summed E-state index contributed by atoms with van der Waals surface area (Å²) >= 11 is 0. The number of halogens is 1. The summed E-state index contributed by atoms with van der Waals surface area (Å²) in [6.07, 6.45) is 6.28. The normalized spacial score (nSPS) is 17.0. The van der Waals surface area contributed by atoms with Crippen LogP contribution in [0.2, 0.25) is 0 Å². The summed E-state index contributed by atoms with van der Waals surface area (Å²) in [6.45, 7) is 4.55. The van der Waals surface area contributed by atoms with Gasteiger partial charge in [-0.25, -0.2) is 4.39 Å². The summed E-state index contributed by atoms with van der Waals surface area (Å²) in [5.41, 5.74) is 2.23. The maximum Gasteiger partial charge on any atom is 0.123 e. The minimum absolute atomic E-state index is 0.186. The van der Waals surface area contributed by atoms with Crippen LogP contribution in [0.1, 0.15) is 43.9 Å². The van der Waals surface area contributed by atoms with E-state index in [9.17, 15) is 9.50 Å². The Hall–Kier alpha value is -1.65. The van der Waals surface area contributed by atoms with Crippen LogP contribution in [0.4, 0.5) is 4.39 Å². The number of benzene rings is 1. The molecule has 0 bridgehead atoms. The Labute approximate surface area is 143 Å². The first kappa shape index (κ1) is 17.2. The number of aliphatic hydroxyl groups is 1. The van der Waals surface area contributed by atoms with Crippen molar-refractivity contribution in [3.05, 3.63) is 59.7 Å². The van der Waals surface area contributed by atoms with Crippen LogP contribution in [0, 0.1) is 5.82 Å². The maximum absolute atomic E-state index is 13.4. The topological polar surface area (TPSA) is 29.6 Å². The Morgan fingerprint density at radius 1 is 1.29 bits per heavy atom. The Balaban J connectivity index is 1.67. The van der Waals surface area contributed by atoms with Crippen molar-refractivity contribution in [1.82, 2.24) is 4.57 Å². The molecular formula is C20H28FN2O+. The highest BCUT2D eigenvalue weighted by molar-refractivity contribution is 5.18. The van der Waals surface area contributed by atoms with Crippen molar-refractivity contribution in [1.29, 1.82) is 0 Å². The van der Waals surface area contributed by atoms with Crippen molar-refractivity contribution in [3.63, 3.8) is 0 Å². The molecule has 0 spiro atoms. The molecule has 1 fully saturated rings. The van der Waals surface area contributed by atoms with Crippen molar-refractivity contribution < 1.29 is 14.4 Å². The number of nitrogens with zero attached hydrogens (tertiary/aromatic N) is 1. The summed E-state index contributed by atoms with van der Waals surface area (Å²) < 4.78 is 15.6. The number of hydrogen-bond donors (Lipinski definition) is 2. The molecular weight excluding hydrogens is 303 g/mol. The molecule has 1 unspecified atom stereocenters. The number of hydrogen-bond acceptors (Lipinski definition) is 1. The second-order valence-electron chi connectivity index (χ2n) is 7.01. The molecule has 1 aliphatic carbocycles. The predicted octanol–water partition coefficient (Wildman–Crippen LogP) is 2.38. The van der Waals surface area contributed by atoms with Crippen LogP contribution in [-0.4, -0.2) is 28.4 Å². The van der Waals surface area contributed by atoms with E-state index in [-0.39, 0.29) is 11.9 Å². The monoisotopic (exact) mass is 331 g/mol. The van der Waals surface area contributed by atoms with Gasteiger partial charge >= 0.3 is 0 Å². The van der Waals surface area contributed by atoms with Gasteiger partial charge in [0.05, 0.1) is 11.7 Å². The van der Waals surface area contributed by atoms with E-state index in [1.54, 1.807) is 12.1 Å². The lowest BCUT2D eigenvalue weighted by Gasteiger charge is -2.23. The average molecular weight is 331 g/mol. The number of quaternary nitrogens is 1. The van der Waals surface area contributed by atoms with E-state index in [0.717, 1.165) is 31.5 Å². The van der Waals surface area contributed by atoms with E-state index < -0.39 is 0 Å². The lowest BCUT2D eigenvalue weighted by Crippen LogP contribution is -3.13. The zero-order valence-electron chi connectivity index (χ0n) is 14.4. The van der Waals surface area contributed by atoms with Crippen molar-refractivity contribution in [2.45, 2.75) is 57.8 Å². The predicted molar refractivity (Wildman–Crippen MR) is 93.4 cm³/mol. The number of rotatable bonds is 9. The van der Waals surface area contributed by atoms with E-state index in [1.165, 1.54) is 29.5 Å². The standard InChI is InChI=1S/C20H27FN2O/c1-2-5-20(24)15-23(18-9-10-18)14-19-8-4-11-22(19)13-16-6-3-7-17(21)12-16/h3-4,6-8,11-12,18,20,24H,2,5,9-10,13-15H2,1H3/p+1/t20-/m0/s1. The van der Waals surface area contributed by atoms with Gasteiger partial charge in [0.2, 0.25) is 0 Å². The molecule has 1 aliphatic rings. The van der Waals surface area contributed by atoms with Crippen LogP contribution in [0.5, 0.6) is 0 Å². The summed E-state index contributed by atoms with van der Waals surface area (Å²) in [4.78, 5) is 1.48. The third-order valence-electron chi connectivity index (χ3n) is 4.85. The Bertz CT molecular complexity index is 651. The quantitative estimate of drug-likeness (QED) is 0.726. The molecule has 2 atom stereocenters. The van der Waals surface area contributed by atoms with E-state index in [0.29, 0.717) is 12.6 Å². The number of nitrogens with one attached hydrogen (secondary N) is 1. The molecule has 3 nitrogen and oxygen atoms in total. The van der Waals surface area contributed by atoms with Crippen molar-refractivity contribution >= 4 is 0 Å². The first-order valence-corrected chi connectivity index (χ1v) is 9.06. The fourth-order valence-electron chi connectivity index (χ4n) is 3.44. The minimum Gasteiger partial charge on any atom is -0.387 e. The molecule has 0 amide bonds. The minimum atomic E-state index is -0.211. The van der Waals surface area contributed by atoms with E-state index in [2.05, 4.69) is 29.8 Å². The van der Waals surface area contributed by atoms with Crippen LogP contribution in [0.25, 0.3) is 0 Å². The zero-order valence-corrected chi connectivity index (χ0v) is 14.4. The molecule has 1 heterocycles. The van der Waals surface area contributed by atoms with Gasteiger partial charge in [0.1, 0.15) is 25.0 Å². The van der Waals surface area contributed by atoms with Gasteiger partial charge in [0.25, 0.3) is 0 Å². The van der Waals surface area contributed by atoms with Gasteiger partial charge in [-0.1, -0.05) is 25.5 Å². The Kier molecular flexibility index (Phi) is 5.69. The Morgan fingerprint density at radius 3 is 2.83 bits per heavy atom. The van der Waals surface area contributed by atoms with Gasteiger partial charge in [-0.3, -0.25) is 0 Å². The molecule has 130 valence electrons. The highest BCUT2D eigenvalue weighted by atomic mass is 19.1. The second-order valence-corrected chi connectivity index (χ2v) is 7.01. The summed E-state index contributed by atoms with van der Waals surface area (Å²) in [5.74, 6) is -0.186. The second kappa shape index (κ2) is 7.95. The smallest absolute Gasteiger partial charge is 0.123 e. The molecule has 2 N–H and O–H groups in total. The molecule has 0 radical (unpaired) electrons. The summed E-state index contributed by atoms with van der Waals surface area (Å²) in [6, 6.07) is 11.7. The first-order valence-electron chi connectivity index (χ1n) is 9.06. The molecule has 2 aromatic rings. The molecule has 1 saturated carbocycles. The Morgan fingerprint density at radius 2 is 2.12 bits per heavy atom. The van der Waals surface area contributed by atoms with Crippen LogP contribution in [0.15, 0.2) is 42.6 Å². The van der Waals surface area contributed by atoms with Gasteiger partial charge in [0.15, 0.2) is 0 Å². The maximum atomic E-state index is 13.4. The van der Waals surface area contributed by atoms with Crippen LogP contribution in [-0.2, 0) is 13.1 Å². The third kappa shape index (κ3) is 4.68. The zero-order chi connectivity index (χ0) is 16.9. The third-order valence-corrected chi connectivity index (χ3v) is 4.85. The van der Waals surface area contributed by atoms with Gasteiger partial charge < -0.3 is 14.6 Å². The highest BCUT2D eigenvalue weighted by Crippen LogP contribution is 2.17. The molecule has 0 aliphatic heterocycles. The SMILES string of the molecule is CCC[C@H](O)C[NH+](Cc1cccn1Cc1cccc(F)c1)C1CC1. The largest absolute Gasteiger partial charge is 0.387 e. The molecule has 4 heteroatoms. The van der Waals surface area contributed by atoms with Crippen LogP contribution >= 0.6 is 0 Å². The first-order chi connectivity index (χ1) is 11.7. The van der Waals surface area contributed by atoms with Gasteiger partial charge in [-0.2, -0.15) is 0 Å². The molecule has 0 saturated heterocycles. The molecule has 24 heavy (non-hydrogen) atoms. The number of aromatic nitrogens is 1. The number of aliphatic hydroxyl groups excluding tert-OH is 1. The van der Waals surface area contributed by atoms with Crippen molar-refractivity contribution in [2.24, 2.45) is 0 Å². The van der Waals surface area contributed by atoms with E-state index >= 15 is 0 Å². The van der Waals surface area contributed by atoms with Gasteiger partial charge in [-0.05, 0) is 36.2 Å². The molecule has 3 rings (SSSR count). The fraction of sp³-hybridized carbons (Fsp3) is 0.500. The fourth-order valence-corrected chi connectivity index (χ4v) is 3.44. The lowest BCUT2D eigenvalue weighted by molar-refractivity contribution is -0.928. The van der Waals surface area contributed by atoms with Crippen LogP contribution in [0.3, 0.4) is 0 Å². The van der Waals surface area contributed by atoms with Crippen molar-refractivity contribution in [2.75, 3.05) is 6.54 Å². The molecule has 1 aromatic heterocycles. The summed E-state index contributed by atoms with van der Waals surface area (Å²) in [7, 11) is 0. The molecule has 1 aromatic carbocycles. The van der Waals surface area contributed by atoms with E-state index in [4.69, 9.17) is 0 Å². The van der Waals surface area contributed by atoms with E-state index in [1.807, 2.05) is 6.07 Å². The lowest BCUT2D eigenvalue weighted by atomic mass is 10.2. The summed E-state index contributed by atoms with van der Waals surface area (Å²) in [5, 5.41) is 10.2. The van der Waals surface area contributed by atoms with Gasteiger partial charge in [0, 0.05) is 25.6 Å².